The SMILES string of the molecule is COC(=O)c1c(NC(=O)c2nn(-c3ccc(Br)cc3)c(=O)cc2O)sc(C)c1C. The maximum absolute atomic E-state index is 12.8. The normalized spacial score (nSPS) is 10.6. The minimum atomic E-state index is -0.764. The van der Waals surface area contributed by atoms with Crippen LogP contribution in [0.3, 0.4) is 0 Å². The van der Waals surface area contributed by atoms with Crippen LogP contribution in [-0.2, 0) is 4.74 Å². The Hall–Kier alpha value is -2.98. The van der Waals surface area contributed by atoms with E-state index in [9.17, 15) is 19.5 Å². The van der Waals surface area contributed by atoms with Gasteiger partial charge in [0.25, 0.3) is 11.5 Å². The molecule has 3 rings (SSSR count). The number of nitrogens with zero attached hydrogens (tertiary/aromatic N) is 2. The van der Waals surface area contributed by atoms with Gasteiger partial charge in [-0.2, -0.15) is 9.78 Å². The maximum atomic E-state index is 12.8. The summed E-state index contributed by atoms with van der Waals surface area (Å²) in [5, 5.41) is 17.0. The highest BCUT2D eigenvalue weighted by molar-refractivity contribution is 9.10. The summed E-state index contributed by atoms with van der Waals surface area (Å²) in [6.45, 7) is 3.56. The number of hydrogen-bond donors (Lipinski definition) is 2. The monoisotopic (exact) mass is 477 g/mol. The van der Waals surface area contributed by atoms with Gasteiger partial charge in [-0.25, -0.2) is 4.79 Å². The maximum Gasteiger partial charge on any atom is 0.341 e. The minimum absolute atomic E-state index is 0.240. The van der Waals surface area contributed by atoms with Crippen molar-refractivity contribution in [3.63, 3.8) is 0 Å². The van der Waals surface area contributed by atoms with Crippen LogP contribution in [0.2, 0.25) is 0 Å². The van der Waals surface area contributed by atoms with E-state index < -0.39 is 23.2 Å². The average Bonchev–Trinajstić information content (AvgIpc) is 2.95. The Labute approximate surface area is 177 Å². The number of hydrogen-bond acceptors (Lipinski definition) is 7. The number of methoxy groups -OCH3 is 1. The van der Waals surface area contributed by atoms with Crippen LogP contribution in [0.15, 0.2) is 39.6 Å². The van der Waals surface area contributed by atoms with Crippen LogP contribution in [0.25, 0.3) is 5.69 Å². The summed E-state index contributed by atoms with van der Waals surface area (Å²) in [7, 11) is 1.25. The second-order valence-electron chi connectivity index (χ2n) is 6.04. The lowest BCUT2D eigenvalue weighted by Gasteiger charge is -2.10. The molecule has 8 nitrogen and oxygen atoms in total. The number of halogens is 1. The Morgan fingerprint density at radius 3 is 2.52 bits per heavy atom. The van der Waals surface area contributed by atoms with Crippen LogP contribution in [0.5, 0.6) is 5.75 Å². The Morgan fingerprint density at radius 2 is 1.90 bits per heavy atom. The van der Waals surface area contributed by atoms with Gasteiger partial charge in [-0.3, -0.25) is 9.59 Å². The molecule has 29 heavy (non-hydrogen) atoms. The summed E-state index contributed by atoms with van der Waals surface area (Å²) in [4.78, 5) is 37.9. The quantitative estimate of drug-likeness (QED) is 0.556. The zero-order chi connectivity index (χ0) is 21.3. The molecule has 0 spiro atoms. The van der Waals surface area contributed by atoms with Crippen LogP contribution in [-0.4, -0.2) is 33.9 Å². The number of aromatic hydroxyl groups is 1. The number of thiophene rings is 1. The highest BCUT2D eigenvalue weighted by Gasteiger charge is 2.24. The molecule has 1 amide bonds. The van der Waals surface area contributed by atoms with Gasteiger partial charge in [-0.05, 0) is 43.7 Å². The first-order chi connectivity index (χ1) is 13.7. The number of amides is 1. The molecular formula is C19H16BrN3O5S. The van der Waals surface area contributed by atoms with Gasteiger partial charge in [0.15, 0.2) is 11.4 Å². The molecule has 0 aliphatic heterocycles. The summed E-state index contributed by atoms with van der Waals surface area (Å²) in [6, 6.07) is 7.62. The first kappa shape index (κ1) is 20.7. The molecule has 10 heteroatoms. The van der Waals surface area contributed by atoms with Crippen molar-refractivity contribution in [2.24, 2.45) is 0 Å². The predicted molar refractivity (Wildman–Crippen MR) is 112 cm³/mol. The fourth-order valence-electron chi connectivity index (χ4n) is 2.60. The number of carbonyl (C=O) groups excluding carboxylic acids is 2. The molecule has 0 saturated heterocycles. The van der Waals surface area contributed by atoms with Crippen molar-refractivity contribution >= 4 is 44.1 Å². The van der Waals surface area contributed by atoms with Crippen LogP contribution >= 0.6 is 27.3 Å². The summed E-state index contributed by atoms with van der Waals surface area (Å²) in [5.41, 5.74) is 0.398. The van der Waals surface area contributed by atoms with E-state index in [2.05, 4.69) is 26.3 Å². The molecule has 150 valence electrons. The largest absolute Gasteiger partial charge is 0.505 e. The third kappa shape index (κ3) is 4.08. The van der Waals surface area contributed by atoms with Crippen molar-refractivity contribution in [1.29, 1.82) is 0 Å². The standard InChI is InChI=1S/C19H16BrN3O5S/c1-9-10(2)29-18(15(9)19(27)28-3)21-17(26)16-13(24)8-14(25)23(22-16)12-6-4-11(20)5-7-12/h4-8,24H,1-3H3,(H,21,26). The van der Waals surface area contributed by atoms with Crippen LogP contribution in [0, 0.1) is 13.8 Å². The Morgan fingerprint density at radius 1 is 1.24 bits per heavy atom. The summed E-state index contributed by atoms with van der Waals surface area (Å²) < 4.78 is 6.60. The number of ether oxygens (including phenoxy) is 1. The van der Waals surface area contributed by atoms with Gasteiger partial charge < -0.3 is 15.2 Å². The number of anilines is 1. The van der Waals surface area contributed by atoms with Crippen LogP contribution in [0.1, 0.15) is 31.3 Å². The average molecular weight is 478 g/mol. The van der Waals surface area contributed by atoms with Gasteiger partial charge >= 0.3 is 5.97 Å². The number of rotatable bonds is 4. The third-order valence-electron chi connectivity index (χ3n) is 4.20. The predicted octanol–water partition coefficient (Wildman–Crippen LogP) is 3.42. The number of nitrogens with one attached hydrogen (secondary N) is 1. The first-order valence-electron chi connectivity index (χ1n) is 8.32. The van der Waals surface area contributed by atoms with Gasteiger partial charge in [0.05, 0.1) is 18.4 Å². The second kappa shape index (κ2) is 8.18. The summed E-state index contributed by atoms with van der Waals surface area (Å²) in [6.07, 6.45) is 0. The van der Waals surface area contributed by atoms with E-state index in [0.29, 0.717) is 11.3 Å². The lowest BCUT2D eigenvalue weighted by atomic mass is 10.1. The minimum Gasteiger partial charge on any atom is -0.505 e. The highest BCUT2D eigenvalue weighted by Crippen LogP contribution is 2.33. The molecule has 0 bridgehead atoms. The molecular weight excluding hydrogens is 462 g/mol. The molecule has 0 aliphatic rings. The van der Waals surface area contributed by atoms with Gasteiger partial charge in [0.1, 0.15) is 5.00 Å². The number of aryl methyl sites for hydroxylation is 1. The Balaban J connectivity index is 2.02. The molecule has 0 saturated carbocycles. The van der Waals surface area contributed by atoms with Gasteiger partial charge in [0.2, 0.25) is 0 Å². The van der Waals surface area contributed by atoms with Crippen molar-refractivity contribution < 1.29 is 19.4 Å². The molecule has 3 aromatic rings. The molecule has 1 aromatic carbocycles. The molecule has 2 aromatic heterocycles. The van der Waals surface area contributed by atoms with Crippen molar-refractivity contribution in [3.8, 4) is 11.4 Å². The molecule has 0 atom stereocenters. The zero-order valence-electron chi connectivity index (χ0n) is 15.6. The van der Waals surface area contributed by atoms with Crippen molar-refractivity contribution in [2.75, 3.05) is 12.4 Å². The fourth-order valence-corrected chi connectivity index (χ4v) is 3.91. The van der Waals surface area contributed by atoms with E-state index in [1.54, 1.807) is 31.2 Å². The highest BCUT2D eigenvalue weighted by atomic mass is 79.9. The van der Waals surface area contributed by atoms with Crippen LogP contribution < -0.4 is 10.9 Å². The lowest BCUT2D eigenvalue weighted by molar-refractivity contribution is 0.0601. The lowest BCUT2D eigenvalue weighted by Crippen LogP contribution is -2.25. The zero-order valence-corrected chi connectivity index (χ0v) is 18.1. The first-order valence-corrected chi connectivity index (χ1v) is 9.92. The Kier molecular flexibility index (Phi) is 5.85. The van der Waals surface area contributed by atoms with Gasteiger partial charge in [-0.15, -0.1) is 11.3 Å². The van der Waals surface area contributed by atoms with Crippen LogP contribution in [0.4, 0.5) is 5.00 Å². The molecule has 0 aliphatic carbocycles. The molecule has 0 unspecified atom stereocenters. The van der Waals surface area contributed by atoms with E-state index >= 15 is 0 Å². The Bertz CT molecular complexity index is 1170. The third-order valence-corrected chi connectivity index (χ3v) is 5.85. The summed E-state index contributed by atoms with van der Waals surface area (Å²) in [5.74, 6) is -1.91. The molecule has 2 heterocycles. The number of carbonyl (C=O) groups is 2. The van der Waals surface area contributed by atoms with Gasteiger partial charge in [-0.1, -0.05) is 15.9 Å². The van der Waals surface area contributed by atoms with Gasteiger partial charge in [0, 0.05) is 15.4 Å². The van der Waals surface area contributed by atoms with E-state index in [-0.39, 0.29) is 16.3 Å². The number of benzene rings is 1. The van der Waals surface area contributed by atoms with E-state index in [0.717, 1.165) is 20.1 Å². The second-order valence-corrected chi connectivity index (χ2v) is 8.18. The molecule has 2 N–H and O–H groups in total. The topological polar surface area (TPSA) is 111 Å². The van der Waals surface area contributed by atoms with Crippen molar-refractivity contribution in [2.45, 2.75) is 13.8 Å². The number of esters is 1. The summed E-state index contributed by atoms with van der Waals surface area (Å²) >= 11 is 4.51. The van der Waals surface area contributed by atoms with E-state index in [4.69, 9.17) is 4.74 Å². The molecule has 0 fully saturated rings. The molecule has 0 radical (unpaired) electrons. The number of aromatic nitrogens is 2. The fraction of sp³-hybridized carbons (Fsp3) is 0.158. The van der Waals surface area contributed by atoms with Crippen molar-refractivity contribution in [3.05, 3.63) is 66.9 Å². The van der Waals surface area contributed by atoms with E-state index in [1.807, 2.05) is 6.92 Å². The van der Waals surface area contributed by atoms with Crippen molar-refractivity contribution in [1.82, 2.24) is 9.78 Å². The smallest absolute Gasteiger partial charge is 0.341 e. The van der Waals surface area contributed by atoms with E-state index in [1.165, 1.54) is 18.4 Å².